The number of alkyl halides is 2. The van der Waals surface area contributed by atoms with Crippen LogP contribution >= 0.6 is 23.2 Å². The molecule has 0 saturated carbocycles. The van der Waals surface area contributed by atoms with Gasteiger partial charge in [-0.25, -0.2) is 4.79 Å². The molecule has 1 amide bonds. The van der Waals surface area contributed by atoms with Gasteiger partial charge in [-0.05, 0) is 5.56 Å². The van der Waals surface area contributed by atoms with Gasteiger partial charge in [-0.1, -0.05) is 30.3 Å². The standard InChI is InChI=1S/C17H22Cl2N2O3/c1-24-17(23)15(13-14-5-3-2-4-6-14)20-16(22)7-10-21(11-8-18)12-9-19/h2-7,10,15H,8-9,11-13H2,1H3,(H,20,22)/t15-/m0/s1. The largest absolute Gasteiger partial charge is 0.467 e. The molecule has 24 heavy (non-hydrogen) atoms. The Bertz CT molecular complexity index is 532. The number of halogens is 2. The Hall–Kier alpha value is -1.72. The van der Waals surface area contributed by atoms with Crippen LogP contribution in [0.1, 0.15) is 5.56 Å². The summed E-state index contributed by atoms with van der Waals surface area (Å²) in [6.45, 7) is 1.17. The molecule has 7 heteroatoms. The van der Waals surface area contributed by atoms with Crippen LogP contribution < -0.4 is 5.32 Å². The summed E-state index contributed by atoms with van der Waals surface area (Å²) in [5.41, 5.74) is 0.933. The van der Waals surface area contributed by atoms with Crippen LogP contribution in [0.4, 0.5) is 0 Å². The van der Waals surface area contributed by atoms with Crippen LogP contribution in [0.3, 0.4) is 0 Å². The highest BCUT2D eigenvalue weighted by Gasteiger charge is 2.21. The number of esters is 1. The van der Waals surface area contributed by atoms with E-state index in [2.05, 4.69) is 5.32 Å². The van der Waals surface area contributed by atoms with E-state index in [1.807, 2.05) is 35.2 Å². The van der Waals surface area contributed by atoms with E-state index in [1.165, 1.54) is 13.2 Å². The highest BCUT2D eigenvalue weighted by molar-refractivity contribution is 6.18. The lowest BCUT2D eigenvalue weighted by molar-refractivity contribution is -0.144. The Balaban J connectivity index is 2.68. The second kappa shape index (κ2) is 11.8. The van der Waals surface area contributed by atoms with E-state index in [0.717, 1.165) is 5.56 Å². The van der Waals surface area contributed by atoms with Crippen LogP contribution in [-0.2, 0) is 20.7 Å². The molecule has 0 unspecified atom stereocenters. The van der Waals surface area contributed by atoms with Gasteiger partial charge in [0.1, 0.15) is 6.04 Å². The number of methoxy groups -OCH3 is 1. The summed E-state index contributed by atoms with van der Waals surface area (Å²) >= 11 is 11.4. The number of carbonyl (C=O) groups is 2. The molecule has 0 radical (unpaired) electrons. The van der Waals surface area contributed by atoms with Gasteiger partial charge in [-0.3, -0.25) is 4.79 Å². The number of hydrogen-bond donors (Lipinski definition) is 1. The normalized spacial score (nSPS) is 12.0. The molecule has 0 aliphatic carbocycles. The summed E-state index contributed by atoms with van der Waals surface area (Å²) in [5.74, 6) is -0.00188. The average Bonchev–Trinajstić information content (AvgIpc) is 2.59. The highest BCUT2D eigenvalue weighted by Crippen LogP contribution is 2.05. The molecule has 132 valence electrons. The molecule has 0 aliphatic heterocycles. The van der Waals surface area contributed by atoms with Crippen LogP contribution in [0.15, 0.2) is 42.6 Å². The lowest BCUT2D eigenvalue weighted by Gasteiger charge is -2.18. The first-order valence-electron chi connectivity index (χ1n) is 7.57. The second-order valence-corrected chi connectivity index (χ2v) is 5.76. The van der Waals surface area contributed by atoms with Gasteiger partial charge in [0.25, 0.3) is 0 Å². The Morgan fingerprint density at radius 2 is 1.83 bits per heavy atom. The van der Waals surface area contributed by atoms with Crippen LogP contribution in [0.2, 0.25) is 0 Å². The molecule has 0 aromatic heterocycles. The second-order valence-electron chi connectivity index (χ2n) is 5.00. The summed E-state index contributed by atoms with van der Waals surface area (Å²) in [6.07, 6.45) is 3.34. The topological polar surface area (TPSA) is 58.6 Å². The molecular formula is C17H22Cl2N2O3. The van der Waals surface area contributed by atoms with E-state index < -0.39 is 12.0 Å². The van der Waals surface area contributed by atoms with Gasteiger partial charge >= 0.3 is 5.97 Å². The number of ether oxygens (including phenoxy) is 1. The van der Waals surface area contributed by atoms with Crippen LogP contribution in [0, 0.1) is 0 Å². The third kappa shape index (κ3) is 7.70. The zero-order valence-corrected chi connectivity index (χ0v) is 15.1. The van der Waals surface area contributed by atoms with Gasteiger partial charge < -0.3 is 15.0 Å². The summed E-state index contributed by atoms with van der Waals surface area (Å²) in [4.78, 5) is 25.8. The molecule has 0 saturated heterocycles. The number of nitrogens with zero attached hydrogens (tertiary/aromatic N) is 1. The molecule has 0 spiro atoms. The van der Waals surface area contributed by atoms with Crippen LogP contribution in [0.5, 0.6) is 0 Å². The first kappa shape index (κ1) is 20.3. The Morgan fingerprint density at radius 3 is 2.38 bits per heavy atom. The van der Waals surface area contributed by atoms with Gasteiger partial charge in [-0.2, -0.15) is 0 Å². The molecule has 0 heterocycles. The quantitative estimate of drug-likeness (QED) is 0.388. The predicted octanol–water partition coefficient (Wildman–Crippen LogP) is 2.18. The van der Waals surface area contributed by atoms with E-state index in [1.54, 1.807) is 6.20 Å². The Labute approximate surface area is 152 Å². The fourth-order valence-corrected chi connectivity index (χ4v) is 2.49. The maximum absolute atomic E-state index is 12.1. The molecule has 1 rings (SSSR count). The fraction of sp³-hybridized carbons (Fsp3) is 0.412. The van der Waals surface area contributed by atoms with E-state index in [4.69, 9.17) is 27.9 Å². The summed E-state index contributed by atoms with van der Waals surface area (Å²) in [7, 11) is 1.30. The summed E-state index contributed by atoms with van der Waals surface area (Å²) in [5, 5.41) is 2.66. The summed E-state index contributed by atoms with van der Waals surface area (Å²) < 4.78 is 4.77. The van der Waals surface area contributed by atoms with Crippen molar-refractivity contribution >= 4 is 35.1 Å². The van der Waals surface area contributed by atoms with E-state index in [-0.39, 0.29) is 5.91 Å². The predicted molar refractivity (Wildman–Crippen MR) is 96.2 cm³/mol. The Kier molecular flexibility index (Phi) is 9.96. The number of rotatable bonds is 10. The van der Waals surface area contributed by atoms with Crippen molar-refractivity contribution in [3.8, 4) is 0 Å². The molecule has 1 N–H and O–H groups in total. The smallest absolute Gasteiger partial charge is 0.328 e. The van der Waals surface area contributed by atoms with Crippen molar-refractivity contribution < 1.29 is 14.3 Å². The SMILES string of the molecule is COC(=O)[C@H](Cc1ccccc1)NC(=O)C=CN(CCCl)CCCl. The van der Waals surface area contributed by atoms with Gasteiger partial charge in [0.15, 0.2) is 0 Å². The lowest BCUT2D eigenvalue weighted by Crippen LogP contribution is -2.42. The van der Waals surface area contributed by atoms with E-state index in [0.29, 0.717) is 31.3 Å². The third-order valence-electron chi connectivity index (χ3n) is 3.27. The average molecular weight is 373 g/mol. The fourth-order valence-electron chi connectivity index (χ4n) is 2.06. The molecule has 0 aliphatic rings. The van der Waals surface area contributed by atoms with Crippen LogP contribution in [-0.4, -0.2) is 54.8 Å². The maximum Gasteiger partial charge on any atom is 0.328 e. The number of amides is 1. The van der Waals surface area contributed by atoms with Gasteiger partial charge in [0.05, 0.1) is 7.11 Å². The minimum atomic E-state index is -0.746. The van der Waals surface area contributed by atoms with Crippen molar-refractivity contribution in [2.75, 3.05) is 32.0 Å². The number of benzene rings is 1. The van der Waals surface area contributed by atoms with Crippen molar-refractivity contribution in [3.63, 3.8) is 0 Å². The maximum atomic E-state index is 12.1. The zero-order valence-electron chi connectivity index (χ0n) is 13.6. The molecule has 1 aromatic rings. The summed E-state index contributed by atoms with van der Waals surface area (Å²) in [6, 6.07) is 8.68. The van der Waals surface area contributed by atoms with Crippen molar-refractivity contribution in [1.29, 1.82) is 0 Å². The molecule has 0 bridgehead atoms. The minimum Gasteiger partial charge on any atom is -0.467 e. The van der Waals surface area contributed by atoms with Crippen molar-refractivity contribution in [2.24, 2.45) is 0 Å². The molecule has 5 nitrogen and oxygen atoms in total. The minimum absolute atomic E-state index is 0.361. The van der Waals surface area contributed by atoms with Crippen LogP contribution in [0.25, 0.3) is 0 Å². The van der Waals surface area contributed by atoms with Crippen molar-refractivity contribution in [3.05, 3.63) is 48.2 Å². The number of carbonyl (C=O) groups excluding carboxylic acids is 2. The first-order valence-corrected chi connectivity index (χ1v) is 8.64. The molecule has 0 fully saturated rings. The van der Waals surface area contributed by atoms with Gasteiger partial charge in [-0.15, -0.1) is 23.2 Å². The van der Waals surface area contributed by atoms with E-state index >= 15 is 0 Å². The molecular weight excluding hydrogens is 351 g/mol. The first-order chi connectivity index (χ1) is 11.6. The highest BCUT2D eigenvalue weighted by atomic mass is 35.5. The lowest BCUT2D eigenvalue weighted by atomic mass is 10.1. The van der Waals surface area contributed by atoms with Gasteiger partial charge in [0.2, 0.25) is 5.91 Å². The number of nitrogens with one attached hydrogen (secondary N) is 1. The Morgan fingerprint density at radius 1 is 1.21 bits per heavy atom. The number of hydrogen-bond acceptors (Lipinski definition) is 4. The molecule has 1 atom stereocenters. The monoisotopic (exact) mass is 372 g/mol. The van der Waals surface area contributed by atoms with E-state index in [9.17, 15) is 9.59 Å². The van der Waals surface area contributed by atoms with Crippen molar-refractivity contribution in [1.82, 2.24) is 10.2 Å². The molecule has 1 aromatic carbocycles. The third-order valence-corrected chi connectivity index (χ3v) is 3.60. The zero-order chi connectivity index (χ0) is 17.8. The van der Waals surface area contributed by atoms with Crippen molar-refractivity contribution in [2.45, 2.75) is 12.5 Å². The van der Waals surface area contributed by atoms with Gasteiger partial charge in [0, 0.05) is 43.5 Å².